The van der Waals surface area contributed by atoms with Crippen molar-refractivity contribution in [2.45, 2.75) is 0 Å². The maximum Gasteiger partial charge on any atom is 0.234 e. The molecular formula is C134H90N10. The molecule has 0 fully saturated rings. The van der Waals surface area contributed by atoms with Crippen LogP contribution in [0.2, 0.25) is 0 Å². The summed E-state index contributed by atoms with van der Waals surface area (Å²) >= 11 is 0. The van der Waals surface area contributed by atoms with Crippen molar-refractivity contribution in [3.63, 3.8) is 0 Å². The molecule has 0 saturated carbocycles. The molecular weight excluding hydrogens is 1750 g/mol. The quantitative estimate of drug-likeness (QED) is 0.0954. The molecule has 0 bridgehead atoms. The summed E-state index contributed by atoms with van der Waals surface area (Å²) < 4.78 is 6.59. The van der Waals surface area contributed by atoms with Crippen LogP contribution in [-0.4, -0.2) is 33.6 Å². The van der Waals surface area contributed by atoms with Crippen molar-refractivity contribution in [3.8, 4) is 162 Å². The van der Waals surface area contributed by atoms with Crippen LogP contribution in [0.3, 0.4) is 0 Å². The monoisotopic (exact) mass is 1840 g/mol. The van der Waals surface area contributed by atoms with Gasteiger partial charge in [-0.05, 0) is 275 Å². The van der Waals surface area contributed by atoms with Crippen LogP contribution in [0.1, 0.15) is 0 Å². The molecule has 0 spiro atoms. The highest BCUT2D eigenvalue weighted by atomic mass is 15.2. The van der Waals surface area contributed by atoms with Crippen molar-refractivity contribution in [1.82, 2.24) is 33.6 Å². The Morgan fingerprint density at radius 1 is 0.153 bits per heavy atom. The number of aromatic nitrogens is 7. The van der Waals surface area contributed by atoms with E-state index in [0.29, 0.717) is 5.95 Å². The molecule has 6 aromatic heterocycles. The molecule has 19 aromatic carbocycles. The number of rotatable bonds is 16. The Bertz CT molecular complexity index is 8730. The van der Waals surface area contributed by atoms with Gasteiger partial charge in [-0.1, -0.05) is 352 Å². The molecule has 3 aliphatic carbocycles. The second kappa shape index (κ2) is 36.8. The summed E-state index contributed by atoms with van der Waals surface area (Å²) in [7, 11) is 0. The zero-order valence-corrected chi connectivity index (χ0v) is 78.4. The lowest BCUT2D eigenvalue weighted by molar-refractivity contribution is 0.962. The van der Waals surface area contributed by atoms with Gasteiger partial charge >= 0.3 is 0 Å². The molecule has 0 amide bonds. The van der Waals surface area contributed by atoms with Gasteiger partial charge in [-0.15, -0.1) is 0 Å². The number of hydrogen-bond donors (Lipinski definition) is 0. The van der Waals surface area contributed by atoms with Crippen molar-refractivity contribution in [2.24, 2.45) is 0 Å². The van der Waals surface area contributed by atoms with Crippen LogP contribution in [-0.2, 0) is 0 Å². The largest absolute Gasteiger partial charge is 0.310 e. The zero-order chi connectivity index (χ0) is 95.3. The Labute approximate surface area is 835 Å². The minimum atomic E-state index is 0.668. The summed E-state index contributed by atoms with van der Waals surface area (Å²) in [6.07, 6.45) is 12.2. The molecule has 10 nitrogen and oxygen atoms in total. The number of nitrogens with zero attached hydrogens (tertiary/aromatic N) is 10. The lowest BCUT2D eigenvalue weighted by atomic mass is 9.93. The molecule has 0 atom stereocenters. The van der Waals surface area contributed by atoms with E-state index in [1.165, 1.54) is 150 Å². The number of anilines is 9. The van der Waals surface area contributed by atoms with Gasteiger partial charge < -0.3 is 23.8 Å². The van der Waals surface area contributed by atoms with Gasteiger partial charge in [0.25, 0.3) is 0 Å². The van der Waals surface area contributed by atoms with Crippen molar-refractivity contribution >= 4 is 83.9 Å². The number of hydrogen-bond acceptors (Lipinski definition) is 7. The number of para-hydroxylation sites is 3. The first kappa shape index (κ1) is 85.0. The van der Waals surface area contributed by atoms with E-state index in [9.17, 15) is 0 Å². The topological polar surface area (TPSA) is 76.1 Å². The fourth-order valence-corrected chi connectivity index (χ4v) is 21.6. The lowest BCUT2D eigenvalue weighted by Crippen LogP contribution is -2.10. The van der Waals surface area contributed by atoms with Crippen LogP contribution in [0, 0.1) is 0 Å². The van der Waals surface area contributed by atoms with Gasteiger partial charge in [-0.3, -0.25) is 4.57 Å². The highest BCUT2D eigenvalue weighted by Gasteiger charge is 2.32. The van der Waals surface area contributed by atoms with Crippen LogP contribution >= 0.6 is 0 Å². The molecule has 0 unspecified atom stereocenters. The van der Waals surface area contributed by atoms with E-state index in [1.54, 1.807) is 12.4 Å². The summed E-state index contributed by atoms with van der Waals surface area (Å²) in [5, 5.41) is 3.71. The molecule has 10 heteroatoms. The normalized spacial score (nSPS) is 11.5. The van der Waals surface area contributed by atoms with Gasteiger partial charge in [0, 0.05) is 127 Å². The minimum absolute atomic E-state index is 0.668. The van der Waals surface area contributed by atoms with E-state index < -0.39 is 0 Å². The Kier molecular flexibility index (Phi) is 21.7. The molecule has 3 aliphatic rings. The third-order valence-corrected chi connectivity index (χ3v) is 28.1. The predicted molar refractivity (Wildman–Crippen MR) is 596 cm³/mol. The number of pyridine rings is 2. The van der Waals surface area contributed by atoms with E-state index in [0.717, 1.165) is 90.6 Å². The van der Waals surface area contributed by atoms with E-state index in [1.807, 2.05) is 30.5 Å². The maximum absolute atomic E-state index is 5.15. The molecule has 28 rings (SSSR count). The van der Waals surface area contributed by atoms with Crippen LogP contribution in [0.15, 0.2) is 547 Å². The first-order valence-corrected chi connectivity index (χ1v) is 48.9. The number of fused-ring (bicyclic) bond motifs is 15. The van der Waals surface area contributed by atoms with Crippen LogP contribution in [0.5, 0.6) is 0 Å². The first-order valence-electron chi connectivity index (χ1n) is 48.9. The van der Waals surface area contributed by atoms with Crippen molar-refractivity contribution in [3.05, 3.63) is 547 Å². The maximum atomic E-state index is 5.15. The highest BCUT2D eigenvalue weighted by Crippen LogP contribution is 2.56. The summed E-state index contributed by atoms with van der Waals surface area (Å²) in [6, 6.07) is 182. The smallest absolute Gasteiger partial charge is 0.234 e. The Morgan fingerprint density at radius 3 is 0.764 bits per heavy atom. The van der Waals surface area contributed by atoms with E-state index in [4.69, 9.17) is 4.98 Å². The van der Waals surface area contributed by atoms with Crippen molar-refractivity contribution < 1.29 is 0 Å². The molecule has 144 heavy (non-hydrogen) atoms. The Morgan fingerprint density at radius 2 is 0.410 bits per heavy atom. The molecule has 0 aliphatic heterocycles. The van der Waals surface area contributed by atoms with E-state index in [-0.39, 0.29) is 0 Å². The predicted octanol–water partition coefficient (Wildman–Crippen LogP) is 35.5. The highest BCUT2D eigenvalue weighted by molar-refractivity contribution is 6.17. The fraction of sp³-hybridized carbons (Fsp3) is 0. The summed E-state index contributed by atoms with van der Waals surface area (Å²) in [5.41, 5.74) is 44.6. The van der Waals surface area contributed by atoms with Crippen molar-refractivity contribution in [2.75, 3.05) is 14.7 Å². The third-order valence-electron chi connectivity index (χ3n) is 28.1. The van der Waals surface area contributed by atoms with Crippen LogP contribution in [0.25, 0.3) is 195 Å². The second-order valence-corrected chi connectivity index (χ2v) is 36.4. The molecule has 0 N–H and O–H groups in total. The van der Waals surface area contributed by atoms with Gasteiger partial charge in [0.05, 0.1) is 22.2 Å². The second-order valence-electron chi connectivity index (χ2n) is 36.4. The SMILES string of the molecule is c1ccc(-c2ccc(N(c3ccccc3)c3ccc4c(c3)-c3ccccc3-c3cn(-c5cccc(-c6ccccc6)n5)c5cccc-4c35)cc2)cc1.c1ccc(-c2ccc(N(c3ccccc3)c3ccc4c(c3)-c3ccccc3-c3cn(-c5ccccn5)c5cccc-4c35)cc2)cc1.c1ccc(-c2ccc(N(c3ccccc3)c3ccc4c(c3)-c3ccccc3-c3cn(-c5ncccn5)c5cccc-4c35)cc2)cc1. The van der Waals surface area contributed by atoms with Gasteiger partial charge in [0.15, 0.2) is 0 Å². The van der Waals surface area contributed by atoms with Crippen LogP contribution < -0.4 is 14.7 Å². The van der Waals surface area contributed by atoms with Crippen LogP contribution in [0.4, 0.5) is 51.2 Å². The van der Waals surface area contributed by atoms with E-state index in [2.05, 4.69) is 547 Å². The van der Waals surface area contributed by atoms with Crippen molar-refractivity contribution in [1.29, 1.82) is 0 Å². The summed E-state index contributed by atoms with van der Waals surface area (Å²) in [4.78, 5) is 26.1. The summed E-state index contributed by atoms with van der Waals surface area (Å²) in [5.74, 6) is 2.49. The van der Waals surface area contributed by atoms with Gasteiger partial charge in [-0.25, -0.2) is 19.9 Å². The molecule has 6 heterocycles. The molecule has 0 radical (unpaired) electrons. The minimum Gasteiger partial charge on any atom is -0.310 e. The fourth-order valence-electron chi connectivity index (χ4n) is 21.6. The zero-order valence-electron chi connectivity index (χ0n) is 78.4. The van der Waals surface area contributed by atoms with Gasteiger partial charge in [0.1, 0.15) is 11.6 Å². The lowest BCUT2D eigenvalue weighted by Gasteiger charge is -2.27. The third kappa shape index (κ3) is 15.4. The standard InChI is InChI=1S/C49H33N3.C43H29N3.C42H28N4/c1-4-14-34(15-5-1)35-26-28-38(29-27-35)52(37-18-8-3-9-19-37)39-30-31-42-43-22-12-24-47-49(43)45(41-21-11-10-20-40(41)44(42)32-39)33-51(47)48-25-13-23-46(50-48)36-16-6-2-7-17-36;1-3-12-30(13-4-1)31-21-23-33(24-22-31)46(32-14-5-2-6-15-32)34-25-26-37-38-18-11-19-41-43(38)40(29-45(41)42-20-9-10-27-44-42)36-17-8-7-16-35(36)39(37)28-34;1-3-11-29(12-4-1)30-19-21-32(22-20-30)46(31-13-5-2-6-14-31)33-23-24-36-37-17-9-18-40-41(37)39(28-45(40)42-43-25-10-26-44-42)35-16-8-7-15-34(35)38(36)27-33/h1-33H;1-29H;1-28H. The van der Waals surface area contributed by atoms with Gasteiger partial charge in [-0.2, -0.15) is 0 Å². The molecule has 25 aromatic rings. The summed E-state index contributed by atoms with van der Waals surface area (Å²) in [6.45, 7) is 0. The molecule has 0 saturated heterocycles. The molecule has 676 valence electrons. The average Bonchev–Trinajstić information content (AvgIpc) is 1.58. The first-order chi connectivity index (χ1) is 71.5. The Balaban J connectivity index is 0.000000110. The van der Waals surface area contributed by atoms with E-state index >= 15 is 0 Å². The number of benzene rings is 19. The van der Waals surface area contributed by atoms with Gasteiger partial charge in [0.2, 0.25) is 5.95 Å². The Hall–Kier alpha value is -19.4. The average molecular weight is 1840 g/mol.